The van der Waals surface area contributed by atoms with Crippen molar-refractivity contribution in [2.75, 3.05) is 11.0 Å². The Labute approximate surface area is 96.0 Å². The third-order valence-corrected chi connectivity index (χ3v) is 3.02. The quantitative estimate of drug-likeness (QED) is 0.628. The monoisotopic (exact) mass is 317 g/mol. The molecule has 0 radical (unpaired) electrons. The highest BCUT2D eigenvalue weighted by Gasteiger charge is 2.37. The lowest BCUT2D eigenvalue weighted by Crippen LogP contribution is -2.36. The van der Waals surface area contributed by atoms with Gasteiger partial charge >= 0.3 is 0 Å². The zero-order valence-electron chi connectivity index (χ0n) is 7.86. The fourth-order valence-electron chi connectivity index (χ4n) is 1.62. The second kappa shape index (κ2) is 5.23. The number of nitrogens with one attached hydrogen (secondary N) is 1. The van der Waals surface area contributed by atoms with Gasteiger partial charge in [0.15, 0.2) is 0 Å². The fourth-order valence-corrected chi connectivity index (χ4v) is 1.89. The summed E-state index contributed by atoms with van der Waals surface area (Å²) in [5.41, 5.74) is 0. The van der Waals surface area contributed by atoms with Gasteiger partial charge in [-0.3, -0.25) is 4.79 Å². The van der Waals surface area contributed by atoms with Crippen LogP contribution in [0.25, 0.3) is 0 Å². The lowest BCUT2D eigenvalue weighted by Gasteiger charge is -2.27. The first kappa shape index (κ1) is 12.1. The van der Waals surface area contributed by atoms with E-state index in [0.717, 1.165) is 4.43 Å². The molecule has 82 valence electrons. The molecule has 0 heterocycles. The summed E-state index contributed by atoms with van der Waals surface area (Å²) in [6, 6.07) is 0. The van der Waals surface area contributed by atoms with Crippen LogP contribution in [-0.4, -0.2) is 22.8 Å². The Morgan fingerprint density at radius 3 is 2.50 bits per heavy atom. The number of hydrogen-bond donors (Lipinski definition) is 1. The molecule has 0 atom stereocenters. The number of carbonyl (C=O) groups is 1. The van der Waals surface area contributed by atoms with E-state index in [4.69, 9.17) is 0 Å². The number of hydrogen-bond acceptors (Lipinski definition) is 1. The normalized spacial score (nSPS) is 21.9. The third-order valence-electron chi connectivity index (χ3n) is 2.48. The average molecular weight is 317 g/mol. The highest BCUT2D eigenvalue weighted by Crippen LogP contribution is 2.36. The molecule has 1 amide bonds. The molecular formula is C9H14F2INO. The molecule has 0 aromatic carbocycles. The van der Waals surface area contributed by atoms with Crippen molar-refractivity contribution in [1.82, 2.24) is 5.32 Å². The van der Waals surface area contributed by atoms with Crippen LogP contribution in [0.1, 0.15) is 25.7 Å². The van der Waals surface area contributed by atoms with Gasteiger partial charge in [-0.15, -0.1) is 0 Å². The molecule has 0 aromatic heterocycles. The minimum Gasteiger partial charge on any atom is -0.355 e. The number of rotatable bonds is 3. The van der Waals surface area contributed by atoms with Gasteiger partial charge in [-0.2, -0.15) is 0 Å². The molecule has 0 saturated heterocycles. The van der Waals surface area contributed by atoms with Crippen molar-refractivity contribution in [3.05, 3.63) is 0 Å². The van der Waals surface area contributed by atoms with Gasteiger partial charge in [0, 0.05) is 29.7 Å². The number of carbonyl (C=O) groups excluding carboxylic acids is 1. The summed E-state index contributed by atoms with van der Waals surface area (Å²) >= 11 is 2.16. The lowest BCUT2D eigenvalue weighted by molar-refractivity contribution is -0.128. The van der Waals surface area contributed by atoms with Gasteiger partial charge in [0.2, 0.25) is 11.8 Å². The van der Waals surface area contributed by atoms with Crippen molar-refractivity contribution in [2.45, 2.75) is 31.6 Å². The van der Waals surface area contributed by atoms with Gasteiger partial charge in [-0.25, -0.2) is 8.78 Å². The second-order valence-electron chi connectivity index (χ2n) is 3.61. The standard InChI is InChI=1S/C9H14F2INO/c10-9(11)3-1-7(2-4-9)8(14)13-6-5-12/h7H,1-6H2,(H,13,14). The van der Waals surface area contributed by atoms with Crippen LogP contribution in [0.15, 0.2) is 0 Å². The molecule has 0 bridgehead atoms. The maximum absolute atomic E-state index is 12.8. The third kappa shape index (κ3) is 3.67. The molecule has 1 saturated carbocycles. The summed E-state index contributed by atoms with van der Waals surface area (Å²) in [4.78, 5) is 11.4. The number of alkyl halides is 3. The highest BCUT2D eigenvalue weighted by molar-refractivity contribution is 14.1. The van der Waals surface area contributed by atoms with E-state index in [0.29, 0.717) is 19.4 Å². The molecule has 0 spiro atoms. The van der Waals surface area contributed by atoms with E-state index in [2.05, 4.69) is 27.9 Å². The van der Waals surface area contributed by atoms with E-state index in [9.17, 15) is 13.6 Å². The molecular weight excluding hydrogens is 303 g/mol. The summed E-state index contributed by atoms with van der Waals surface area (Å²) in [7, 11) is 0. The van der Waals surface area contributed by atoms with Crippen molar-refractivity contribution in [3.8, 4) is 0 Å². The van der Waals surface area contributed by atoms with Gasteiger partial charge in [0.25, 0.3) is 0 Å². The van der Waals surface area contributed by atoms with Gasteiger partial charge in [-0.05, 0) is 12.8 Å². The van der Waals surface area contributed by atoms with E-state index in [1.54, 1.807) is 0 Å². The molecule has 0 aromatic rings. The predicted octanol–water partition coefficient (Wildman–Crippen LogP) is 2.36. The molecule has 5 heteroatoms. The molecule has 2 nitrogen and oxygen atoms in total. The Morgan fingerprint density at radius 2 is 2.00 bits per heavy atom. The Kier molecular flexibility index (Phi) is 4.53. The molecule has 1 aliphatic rings. The van der Waals surface area contributed by atoms with Crippen LogP contribution in [0, 0.1) is 5.92 Å². The van der Waals surface area contributed by atoms with Crippen molar-refractivity contribution in [1.29, 1.82) is 0 Å². The molecule has 1 N–H and O–H groups in total. The van der Waals surface area contributed by atoms with E-state index in [-0.39, 0.29) is 24.7 Å². The molecule has 1 rings (SSSR count). The largest absolute Gasteiger partial charge is 0.355 e. The smallest absolute Gasteiger partial charge is 0.248 e. The summed E-state index contributed by atoms with van der Waals surface area (Å²) in [5.74, 6) is -2.80. The van der Waals surface area contributed by atoms with Crippen LogP contribution >= 0.6 is 22.6 Å². The summed E-state index contributed by atoms with van der Waals surface area (Å²) in [6.45, 7) is 0.631. The summed E-state index contributed by atoms with van der Waals surface area (Å²) in [6.07, 6.45) is 0.352. The fraction of sp³-hybridized carbons (Fsp3) is 0.889. The minimum atomic E-state index is -2.54. The Hall–Kier alpha value is 0.0600. The van der Waals surface area contributed by atoms with Gasteiger partial charge in [0.05, 0.1) is 0 Å². The van der Waals surface area contributed by atoms with Gasteiger partial charge < -0.3 is 5.32 Å². The number of amides is 1. The first-order valence-electron chi connectivity index (χ1n) is 4.77. The first-order chi connectivity index (χ1) is 6.55. The summed E-state index contributed by atoms with van der Waals surface area (Å²) < 4.78 is 26.4. The van der Waals surface area contributed by atoms with Crippen molar-refractivity contribution in [3.63, 3.8) is 0 Å². The van der Waals surface area contributed by atoms with E-state index < -0.39 is 5.92 Å². The lowest BCUT2D eigenvalue weighted by atomic mass is 9.86. The Balaban J connectivity index is 2.30. The summed E-state index contributed by atoms with van der Waals surface area (Å²) in [5, 5.41) is 2.74. The van der Waals surface area contributed by atoms with Crippen molar-refractivity contribution < 1.29 is 13.6 Å². The molecule has 14 heavy (non-hydrogen) atoms. The van der Waals surface area contributed by atoms with E-state index in [1.807, 2.05) is 0 Å². The second-order valence-corrected chi connectivity index (χ2v) is 4.69. The van der Waals surface area contributed by atoms with Gasteiger partial charge in [0.1, 0.15) is 0 Å². The molecule has 1 aliphatic carbocycles. The molecule has 0 unspecified atom stereocenters. The van der Waals surface area contributed by atoms with Gasteiger partial charge in [-0.1, -0.05) is 22.6 Å². The van der Waals surface area contributed by atoms with Crippen LogP contribution in [-0.2, 0) is 4.79 Å². The minimum absolute atomic E-state index is 0.0582. The Morgan fingerprint density at radius 1 is 1.43 bits per heavy atom. The average Bonchev–Trinajstić information content (AvgIpc) is 2.14. The van der Waals surface area contributed by atoms with Crippen LogP contribution < -0.4 is 5.32 Å². The Bertz CT molecular complexity index is 201. The predicted molar refractivity (Wildman–Crippen MR) is 58.8 cm³/mol. The van der Waals surface area contributed by atoms with Crippen LogP contribution in [0.2, 0.25) is 0 Å². The first-order valence-corrected chi connectivity index (χ1v) is 6.29. The maximum Gasteiger partial charge on any atom is 0.248 e. The number of halogens is 3. The SMILES string of the molecule is O=C(NCCI)C1CCC(F)(F)CC1. The van der Waals surface area contributed by atoms with Crippen molar-refractivity contribution in [2.24, 2.45) is 5.92 Å². The van der Waals surface area contributed by atoms with Crippen LogP contribution in [0.3, 0.4) is 0 Å². The van der Waals surface area contributed by atoms with Crippen LogP contribution in [0.5, 0.6) is 0 Å². The highest BCUT2D eigenvalue weighted by atomic mass is 127. The van der Waals surface area contributed by atoms with Crippen LogP contribution in [0.4, 0.5) is 8.78 Å². The molecule has 0 aliphatic heterocycles. The van der Waals surface area contributed by atoms with Crippen molar-refractivity contribution >= 4 is 28.5 Å². The maximum atomic E-state index is 12.8. The molecule has 1 fully saturated rings. The topological polar surface area (TPSA) is 29.1 Å². The van der Waals surface area contributed by atoms with E-state index >= 15 is 0 Å². The van der Waals surface area contributed by atoms with E-state index in [1.165, 1.54) is 0 Å². The zero-order chi connectivity index (χ0) is 10.6. The zero-order valence-corrected chi connectivity index (χ0v) is 10.0.